The first-order valence-electron chi connectivity index (χ1n) is 7.64. The molecule has 0 heterocycles. The molecule has 2 N–H and O–H groups in total. The number of aryl methyl sites for hydroxylation is 2. The van der Waals surface area contributed by atoms with E-state index in [4.69, 9.17) is 0 Å². The van der Waals surface area contributed by atoms with Crippen LogP contribution in [0.3, 0.4) is 0 Å². The molecule has 21 heavy (non-hydrogen) atoms. The third kappa shape index (κ3) is 4.46. The molecule has 0 saturated heterocycles. The molecule has 0 radical (unpaired) electrons. The van der Waals surface area contributed by atoms with E-state index in [1.807, 2.05) is 6.92 Å². The molecule has 1 aliphatic carbocycles. The Labute approximate surface area is 127 Å². The second kappa shape index (κ2) is 6.48. The molecule has 2 unspecified atom stereocenters. The van der Waals surface area contributed by atoms with Gasteiger partial charge in [0.05, 0.1) is 12.1 Å². The zero-order chi connectivity index (χ0) is 15.6. The molecule has 0 spiro atoms. The minimum absolute atomic E-state index is 0.0448. The first kappa shape index (κ1) is 15.8. The highest BCUT2D eigenvalue weighted by Gasteiger charge is 2.31. The predicted molar refractivity (Wildman–Crippen MR) is 84.2 cm³/mol. The van der Waals surface area contributed by atoms with Crippen molar-refractivity contribution < 1.29 is 9.90 Å². The largest absolute Gasteiger partial charge is 0.391 e. The number of hydrogen-bond acceptors (Lipinski definition) is 2. The van der Waals surface area contributed by atoms with Crippen LogP contribution in [0.1, 0.15) is 42.5 Å². The monoisotopic (exact) mass is 290 g/mol. The van der Waals surface area contributed by atoms with E-state index in [-0.39, 0.29) is 12.1 Å². The van der Waals surface area contributed by atoms with Crippen LogP contribution in [0, 0.1) is 19.8 Å². The van der Waals surface area contributed by atoms with Crippen LogP contribution in [0.4, 0.5) is 4.79 Å². The Kier molecular flexibility index (Phi) is 4.88. The topological polar surface area (TPSA) is 52.6 Å². The maximum atomic E-state index is 12.2. The van der Waals surface area contributed by atoms with Crippen molar-refractivity contribution in [1.82, 2.24) is 10.2 Å². The van der Waals surface area contributed by atoms with Gasteiger partial charge in [-0.2, -0.15) is 0 Å². The molecule has 0 bridgehead atoms. The van der Waals surface area contributed by atoms with Gasteiger partial charge in [0.1, 0.15) is 0 Å². The van der Waals surface area contributed by atoms with E-state index in [2.05, 4.69) is 37.4 Å². The number of nitrogens with zero attached hydrogens (tertiary/aromatic N) is 1. The van der Waals surface area contributed by atoms with Crippen molar-refractivity contribution in [3.63, 3.8) is 0 Å². The number of hydrogen-bond donors (Lipinski definition) is 2. The number of carbonyl (C=O) groups is 1. The minimum atomic E-state index is -0.391. The second-order valence-corrected chi connectivity index (χ2v) is 6.38. The summed E-state index contributed by atoms with van der Waals surface area (Å²) in [4.78, 5) is 13.8. The molecule has 0 aliphatic heterocycles. The van der Waals surface area contributed by atoms with Gasteiger partial charge in [0, 0.05) is 13.6 Å². The fraction of sp³-hybridized carbons (Fsp3) is 0.588. The molecule has 0 aromatic heterocycles. The minimum Gasteiger partial charge on any atom is -0.391 e. The van der Waals surface area contributed by atoms with Gasteiger partial charge in [-0.05, 0) is 45.1 Å². The molecule has 4 heteroatoms. The van der Waals surface area contributed by atoms with Gasteiger partial charge < -0.3 is 15.3 Å². The van der Waals surface area contributed by atoms with E-state index >= 15 is 0 Å². The number of nitrogens with one attached hydrogen (secondary N) is 1. The number of rotatable bonds is 5. The average molecular weight is 290 g/mol. The quantitative estimate of drug-likeness (QED) is 0.876. The van der Waals surface area contributed by atoms with Crippen LogP contribution >= 0.6 is 0 Å². The lowest BCUT2D eigenvalue weighted by molar-refractivity contribution is 0.113. The summed E-state index contributed by atoms with van der Waals surface area (Å²) in [6, 6.07) is 6.13. The third-order valence-electron chi connectivity index (χ3n) is 4.06. The van der Waals surface area contributed by atoms with Gasteiger partial charge in [0.2, 0.25) is 0 Å². The molecular formula is C17H26N2O2. The van der Waals surface area contributed by atoms with Crippen LogP contribution in [-0.2, 0) is 0 Å². The predicted octanol–water partition coefficient (Wildman–Crippen LogP) is 2.78. The summed E-state index contributed by atoms with van der Waals surface area (Å²) < 4.78 is 0. The number of aliphatic hydroxyl groups is 1. The Hall–Kier alpha value is -1.55. The number of carbonyl (C=O) groups excluding carboxylic acids is 1. The fourth-order valence-corrected chi connectivity index (χ4v) is 2.63. The molecule has 1 aliphatic rings. The van der Waals surface area contributed by atoms with Crippen LogP contribution < -0.4 is 5.32 Å². The zero-order valence-corrected chi connectivity index (χ0v) is 13.4. The summed E-state index contributed by atoms with van der Waals surface area (Å²) in [6.07, 6.45) is 1.77. The van der Waals surface area contributed by atoms with E-state index in [1.54, 1.807) is 11.9 Å². The smallest absolute Gasteiger partial charge is 0.317 e. The maximum absolute atomic E-state index is 12.2. The molecular weight excluding hydrogens is 264 g/mol. The Morgan fingerprint density at radius 1 is 1.33 bits per heavy atom. The molecule has 1 saturated carbocycles. The lowest BCUT2D eigenvalue weighted by Gasteiger charge is -2.24. The Bertz CT molecular complexity index is 491. The highest BCUT2D eigenvalue weighted by Crippen LogP contribution is 2.32. The van der Waals surface area contributed by atoms with Gasteiger partial charge in [-0.25, -0.2) is 4.79 Å². The highest BCUT2D eigenvalue weighted by atomic mass is 16.3. The van der Waals surface area contributed by atoms with E-state index in [0.717, 1.165) is 18.4 Å². The van der Waals surface area contributed by atoms with Gasteiger partial charge in [-0.3, -0.25) is 0 Å². The van der Waals surface area contributed by atoms with Gasteiger partial charge in [-0.15, -0.1) is 0 Å². The lowest BCUT2D eigenvalue weighted by atomic mass is 10.0. The van der Waals surface area contributed by atoms with Crippen molar-refractivity contribution >= 4 is 6.03 Å². The SMILES string of the molecule is Cc1cc(C)cc(C(C)NC(=O)N(C)CC(O)C2CC2)c1. The summed E-state index contributed by atoms with van der Waals surface area (Å²) in [7, 11) is 1.73. The van der Waals surface area contributed by atoms with E-state index in [1.165, 1.54) is 11.1 Å². The second-order valence-electron chi connectivity index (χ2n) is 6.38. The standard InChI is InChI=1S/C17H26N2O2/c1-11-7-12(2)9-15(8-11)13(3)18-17(21)19(4)10-16(20)14-5-6-14/h7-9,13-14,16,20H,5-6,10H2,1-4H3,(H,18,21). The summed E-state index contributed by atoms with van der Waals surface area (Å²) in [5, 5.41) is 12.9. The Balaban J connectivity index is 1.91. The summed E-state index contributed by atoms with van der Waals surface area (Å²) in [5.41, 5.74) is 3.50. The maximum Gasteiger partial charge on any atom is 0.317 e. The van der Waals surface area contributed by atoms with E-state index < -0.39 is 6.10 Å². The molecule has 1 fully saturated rings. The summed E-state index contributed by atoms with van der Waals surface area (Å²) in [6.45, 7) is 6.50. The van der Waals surface area contributed by atoms with Crippen LogP contribution in [0.2, 0.25) is 0 Å². The van der Waals surface area contributed by atoms with E-state index in [9.17, 15) is 9.90 Å². The van der Waals surface area contributed by atoms with Crippen LogP contribution in [0.15, 0.2) is 18.2 Å². The lowest BCUT2D eigenvalue weighted by Crippen LogP contribution is -2.42. The normalized spacial score (nSPS) is 17.2. The van der Waals surface area contributed by atoms with Crippen molar-refractivity contribution in [3.05, 3.63) is 34.9 Å². The Morgan fingerprint density at radius 2 is 1.90 bits per heavy atom. The van der Waals surface area contributed by atoms with Crippen molar-refractivity contribution in [3.8, 4) is 0 Å². The number of benzene rings is 1. The van der Waals surface area contributed by atoms with Crippen molar-refractivity contribution in [2.45, 2.75) is 45.8 Å². The van der Waals surface area contributed by atoms with E-state index in [0.29, 0.717) is 12.5 Å². The number of aliphatic hydroxyl groups excluding tert-OH is 1. The highest BCUT2D eigenvalue weighted by molar-refractivity contribution is 5.74. The van der Waals surface area contributed by atoms with Crippen molar-refractivity contribution in [2.24, 2.45) is 5.92 Å². The average Bonchev–Trinajstić information content (AvgIpc) is 3.21. The summed E-state index contributed by atoms with van der Waals surface area (Å²) in [5.74, 6) is 0.386. The summed E-state index contributed by atoms with van der Waals surface area (Å²) >= 11 is 0. The zero-order valence-electron chi connectivity index (χ0n) is 13.4. The van der Waals surface area contributed by atoms with Gasteiger partial charge >= 0.3 is 6.03 Å². The van der Waals surface area contributed by atoms with Crippen LogP contribution in [0.25, 0.3) is 0 Å². The number of likely N-dealkylation sites (N-methyl/N-ethyl adjacent to an activating group) is 1. The molecule has 2 amide bonds. The van der Waals surface area contributed by atoms with Crippen molar-refractivity contribution in [1.29, 1.82) is 0 Å². The van der Waals surface area contributed by atoms with Gasteiger partial charge in [0.25, 0.3) is 0 Å². The van der Waals surface area contributed by atoms with Crippen LogP contribution in [-0.4, -0.2) is 35.7 Å². The Morgan fingerprint density at radius 3 is 2.43 bits per heavy atom. The first-order valence-corrected chi connectivity index (χ1v) is 7.64. The molecule has 1 aromatic carbocycles. The third-order valence-corrected chi connectivity index (χ3v) is 4.06. The molecule has 4 nitrogen and oxygen atoms in total. The molecule has 116 valence electrons. The van der Waals surface area contributed by atoms with Gasteiger partial charge in [0.15, 0.2) is 0 Å². The number of urea groups is 1. The molecule has 1 aromatic rings. The number of amides is 2. The molecule has 2 rings (SSSR count). The van der Waals surface area contributed by atoms with Crippen molar-refractivity contribution in [2.75, 3.05) is 13.6 Å². The fourth-order valence-electron chi connectivity index (χ4n) is 2.63. The molecule has 2 atom stereocenters. The first-order chi connectivity index (χ1) is 9.86. The van der Waals surface area contributed by atoms with Crippen LogP contribution in [0.5, 0.6) is 0 Å². The van der Waals surface area contributed by atoms with Gasteiger partial charge in [-0.1, -0.05) is 29.3 Å².